The fourth-order valence-electron chi connectivity index (χ4n) is 3.61. The average molecular weight is 377 g/mol. The van der Waals surface area contributed by atoms with Crippen LogP contribution in [0.5, 0.6) is 11.5 Å². The van der Waals surface area contributed by atoms with Gasteiger partial charge >= 0.3 is 0 Å². The number of hydrogen-bond donors (Lipinski definition) is 1. The fourth-order valence-corrected chi connectivity index (χ4v) is 3.61. The molecule has 1 aromatic rings. The Balaban J connectivity index is 1.66. The maximum absolute atomic E-state index is 5.47. The van der Waals surface area contributed by atoms with E-state index in [2.05, 4.69) is 34.2 Å². The van der Waals surface area contributed by atoms with Crippen LogP contribution in [0.2, 0.25) is 0 Å². The number of ether oxygens (including phenoxy) is 3. The van der Waals surface area contributed by atoms with E-state index < -0.39 is 0 Å². The van der Waals surface area contributed by atoms with E-state index >= 15 is 0 Å². The largest absolute Gasteiger partial charge is 0.493 e. The number of fused-ring (bicyclic) bond motifs is 1. The molecule has 0 aromatic heterocycles. The minimum Gasteiger partial charge on any atom is -0.493 e. The monoisotopic (exact) mass is 376 g/mol. The smallest absolute Gasteiger partial charge is 0.194 e. The zero-order valence-electron chi connectivity index (χ0n) is 16.8. The quantitative estimate of drug-likeness (QED) is 0.598. The zero-order valence-corrected chi connectivity index (χ0v) is 16.8. The summed E-state index contributed by atoms with van der Waals surface area (Å²) in [5.41, 5.74) is 2.60. The Morgan fingerprint density at radius 2 is 1.81 bits per heavy atom. The SMILES string of the molecule is CCNC(=NCCN1CCOCC1)N1CCc2cc(OC)c(OC)cc2C1. The molecule has 0 atom stereocenters. The van der Waals surface area contributed by atoms with Crippen molar-refractivity contribution in [2.24, 2.45) is 4.99 Å². The number of methoxy groups -OCH3 is 2. The third-order valence-corrected chi connectivity index (χ3v) is 5.13. The van der Waals surface area contributed by atoms with Crippen LogP contribution in [0.15, 0.2) is 17.1 Å². The van der Waals surface area contributed by atoms with Gasteiger partial charge in [0.05, 0.1) is 34.0 Å². The second-order valence-corrected chi connectivity index (χ2v) is 6.84. The normalized spacial score (nSPS) is 18.2. The molecule has 0 unspecified atom stereocenters. The lowest BCUT2D eigenvalue weighted by molar-refractivity contribution is 0.0394. The highest BCUT2D eigenvalue weighted by Crippen LogP contribution is 2.33. The van der Waals surface area contributed by atoms with Gasteiger partial charge in [0, 0.05) is 39.3 Å². The molecular formula is C20H32N4O3. The Hall–Kier alpha value is -1.99. The molecule has 0 saturated carbocycles. The number of nitrogens with zero attached hydrogens (tertiary/aromatic N) is 3. The van der Waals surface area contributed by atoms with E-state index in [-0.39, 0.29) is 0 Å². The third kappa shape index (κ3) is 5.05. The molecule has 2 aliphatic heterocycles. The molecule has 2 heterocycles. The zero-order chi connectivity index (χ0) is 19.1. The average Bonchev–Trinajstić information content (AvgIpc) is 2.72. The number of benzene rings is 1. The highest BCUT2D eigenvalue weighted by Gasteiger charge is 2.21. The second kappa shape index (κ2) is 9.80. The third-order valence-electron chi connectivity index (χ3n) is 5.13. The summed E-state index contributed by atoms with van der Waals surface area (Å²) in [5.74, 6) is 2.58. The molecular weight excluding hydrogens is 344 g/mol. The number of nitrogens with one attached hydrogen (secondary N) is 1. The van der Waals surface area contributed by atoms with E-state index in [1.165, 1.54) is 11.1 Å². The van der Waals surface area contributed by atoms with Gasteiger partial charge in [-0.25, -0.2) is 0 Å². The lowest BCUT2D eigenvalue weighted by Gasteiger charge is -2.32. The van der Waals surface area contributed by atoms with Crippen molar-refractivity contribution >= 4 is 5.96 Å². The van der Waals surface area contributed by atoms with Gasteiger partial charge in [0.15, 0.2) is 17.5 Å². The van der Waals surface area contributed by atoms with E-state index in [9.17, 15) is 0 Å². The topological polar surface area (TPSA) is 58.6 Å². The number of rotatable bonds is 6. The number of guanidine groups is 1. The summed E-state index contributed by atoms with van der Waals surface area (Å²) >= 11 is 0. The Bertz CT molecular complexity index is 644. The number of aliphatic imine (C=N–C) groups is 1. The van der Waals surface area contributed by atoms with E-state index in [4.69, 9.17) is 19.2 Å². The van der Waals surface area contributed by atoms with Crippen molar-refractivity contribution in [2.75, 3.05) is 66.7 Å². The van der Waals surface area contributed by atoms with Gasteiger partial charge in [-0.2, -0.15) is 0 Å². The summed E-state index contributed by atoms with van der Waals surface area (Å²) in [6.07, 6.45) is 0.976. The molecule has 0 spiro atoms. The van der Waals surface area contributed by atoms with Gasteiger partial charge < -0.3 is 24.4 Å². The first-order chi connectivity index (χ1) is 13.2. The summed E-state index contributed by atoms with van der Waals surface area (Å²) in [6.45, 7) is 10.2. The van der Waals surface area contributed by atoms with Crippen LogP contribution in [0.4, 0.5) is 0 Å². The molecule has 0 radical (unpaired) electrons. The molecule has 0 bridgehead atoms. The Labute approximate surface area is 162 Å². The van der Waals surface area contributed by atoms with Crippen LogP contribution >= 0.6 is 0 Å². The van der Waals surface area contributed by atoms with E-state index in [0.717, 1.165) is 82.9 Å². The van der Waals surface area contributed by atoms with Crippen molar-refractivity contribution in [1.82, 2.24) is 15.1 Å². The number of hydrogen-bond acceptors (Lipinski definition) is 5. The predicted octanol–water partition coefficient (Wildman–Crippen LogP) is 1.36. The molecule has 0 amide bonds. The fraction of sp³-hybridized carbons (Fsp3) is 0.650. The van der Waals surface area contributed by atoms with Crippen LogP contribution in [0.25, 0.3) is 0 Å². The van der Waals surface area contributed by atoms with Crippen molar-refractivity contribution < 1.29 is 14.2 Å². The molecule has 3 rings (SSSR count). The molecule has 1 N–H and O–H groups in total. The Kier molecular flexibility index (Phi) is 7.18. The number of morpholine rings is 1. The predicted molar refractivity (Wildman–Crippen MR) is 107 cm³/mol. The first-order valence-corrected chi connectivity index (χ1v) is 9.82. The molecule has 7 heteroatoms. The van der Waals surface area contributed by atoms with E-state index in [0.29, 0.717) is 0 Å². The van der Waals surface area contributed by atoms with Gasteiger partial charge in [0.25, 0.3) is 0 Å². The van der Waals surface area contributed by atoms with Crippen LogP contribution < -0.4 is 14.8 Å². The van der Waals surface area contributed by atoms with Crippen molar-refractivity contribution in [3.63, 3.8) is 0 Å². The summed E-state index contributed by atoms with van der Waals surface area (Å²) in [7, 11) is 3.37. The highest BCUT2D eigenvalue weighted by molar-refractivity contribution is 5.80. The van der Waals surface area contributed by atoms with Gasteiger partial charge in [0.1, 0.15) is 0 Å². The maximum atomic E-state index is 5.47. The second-order valence-electron chi connectivity index (χ2n) is 6.84. The summed E-state index contributed by atoms with van der Waals surface area (Å²) in [4.78, 5) is 9.62. The van der Waals surface area contributed by atoms with Crippen LogP contribution in [0.3, 0.4) is 0 Å². The standard InChI is InChI=1S/C20H32N4O3/c1-4-21-20(22-6-8-23-9-11-27-12-10-23)24-7-5-16-13-18(25-2)19(26-3)14-17(16)15-24/h13-14H,4-12,15H2,1-3H3,(H,21,22). The van der Waals surface area contributed by atoms with Gasteiger partial charge in [-0.1, -0.05) is 0 Å². The van der Waals surface area contributed by atoms with Crippen molar-refractivity contribution in [3.05, 3.63) is 23.3 Å². The van der Waals surface area contributed by atoms with Gasteiger partial charge in [-0.05, 0) is 36.6 Å². The molecule has 1 fully saturated rings. The minimum absolute atomic E-state index is 0.785. The highest BCUT2D eigenvalue weighted by atomic mass is 16.5. The summed E-state index contributed by atoms with van der Waals surface area (Å²) in [5, 5.41) is 3.45. The van der Waals surface area contributed by atoms with Crippen LogP contribution in [0.1, 0.15) is 18.1 Å². The summed E-state index contributed by atoms with van der Waals surface area (Å²) < 4.78 is 16.3. The molecule has 27 heavy (non-hydrogen) atoms. The van der Waals surface area contributed by atoms with Gasteiger partial charge in [-0.3, -0.25) is 9.89 Å². The van der Waals surface area contributed by atoms with Crippen LogP contribution in [-0.2, 0) is 17.7 Å². The molecule has 7 nitrogen and oxygen atoms in total. The molecule has 1 saturated heterocycles. The Morgan fingerprint density at radius 3 is 2.48 bits per heavy atom. The first kappa shape index (κ1) is 19.8. The van der Waals surface area contributed by atoms with Gasteiger partial charge in [0.2, 0.25) is 0 Å². The minimum atomic E-state index is 0.785. The maximum Gasteiger partial charge on any atom is 0.194 e. The molecule has 2 aliphatic rings. The van der Waals surface area contributed by atoms with Crippen LogP contribution in [0, 0.1) is 0 Å². The molecule has 150 valence electrons. The molecule has 0 aliphatic carbocycles. The van der Waals surface area contributed by atoms with Crippen molar-refractivity contribution in [2.45, 2.75) is 19.9 Å². The summed E-state index contributed by atoms with van der Waals surface area (Å²) in [6, 6.07) is 4.20. The lowest BCUT2D eigenvalue weighted by atomic mass is 9.99. The Morgan fingerprint density at radius 1 is 1.11 bits per heavy atom. The van der Waals surface area contributed by atoms with Crippen molar-refractivity contribution in [1.29, 1.82) is 0 Å². The lowest BCUT2D eigenvalue weighted by Crippen LogP contribution is -2.44. The van der Waals surface area contributed by atoms with Gasteiger partial charge in [-0.15, -0.1) is 0 Å². The molecule has 1 aromatic carbocycles. The van der Waals surface area contributed by atoms with E-state index in [1.54, 1.807) is 14.2 Å². The van der Waals surface area contributed by atoms with Crippen LogP contribution in [-0.4, -0.2) is 82.5 Å². The first-order valence-electron chi connectivity index (χ1n) is 9.82. The van der Waals surface area contributed by atoms with Crippen molar-refractivity contribution in [3.8, 4) is 11.5 Å². The van der Waals surface area contributed by atoms with E-state index in [1.807, 2.05) is 0 Å².